The molecule has 1 saturated carbocycles. The lowest BCUT2D eigenvalue weighted by molar-refractivity contribution is -0.393. The van der Waals surface area contributed by atoms with E-state index in [4.69, 9.17) is 0 Å². The minimum atomic E-state index is -0.867. The number of nitriles is 1. The molecule has 1 aliphatic rings. The van der Waals surface area contributed by atoms with Crippen LogP contribution in [0.2, 0.25) is 0 Å². The largest absolute Gasteiger partial charge is 0.382 e. The maximum absolute atomic E-state index is 11.7. The number of hydrogen-bond acceptors (Lipinski definition) is 9. The second-order valence-electron chi connectivity index (χ2n) is 7.58. The minimum Gasteiger partial charge on any atom is -0.382 e. The molecular weight excluding hydrogens is 430 g/mol. The molecule has 0 spiro atoms. The summed E-state index contributed by atoms with van der Waals surface area (Å²) in [5.41, 5.74) is -0.785. The van der Waals surface area contributed by atoms with E-state index >= 15 is 0 Å². The van der Waals surface area contributed by atoms with Crippen LogP contribution < -0.4 is 10.6 Å². The summed E-state index contributed by atoms with van der Waals surface area (Å²) in [5, 5.41) is 45.7. The van der Waals surface area contributed by atoms with Crippen molar-refractivity contribution in [2.75, 3.05) is 10.6 Å². The third-order valence-corrected chi connectivity index (χ3v) is 5.14. The van der Waals surface area contributed by atoms with Gasteiger partial charge in [-0.15, -0.1) is 10.2 Å². The van der Waals surface area contributed by atoms with Gasteiger partial charge in [-0.1, -0.05) is 19.3 Å². The number of nitro groups is 2. The van der Waals surface area contributed by atoms with Gasteiger partial charge in [0.1, 0.15) is 11.8 Å². The highest BCUT2D eigenvalue weighted by molar-refractivity contribution is 5.93. The van der Waals surface area contributed by atoms with Gasteiger partial charge in [-0.25, -0.2) is 0 Å². The van der Waals surface area contributed by atoms with Crippen LogP contribution in [-0.2, 0) is 4.79 Å². The van der Waals surface area contributed by atoms with Crippen LogP contribution in [0.5, 0.6) is 0 Å². The molecule has 0 aliphatic heterocycles. The predicted molar refractivity (Wildman–Crippen MR) is 120 cm³/mol. The summed E-state index contributed by atoms with van der Waals surface area (Å²) in [5.74, 6) is -0.347. The summed E-state index contributed by atoms with van der Waals surface area (Å²) in [4.78, 5) is 32.4. The Kier molecular flexibility index (Phi) is 7.24. The highest BCUT2D eigenvalue weighted by atomic mass is 16.6. The lowest BCUT2D eigenvalue weighted by Crippen LogP contribution is -2.22. The molecule has 0 unspecified atom stereocenters. The average molecular weight is 451 g/mol. The molecule has 1 amide bonds. The first-order valence-electron chi connectivity index (χ1n) is 10.3. The molecule has 2 N–H and O–H groups in total. The van der Waals surface area contributed by atoms with Crippen molar-refractivity contribution in [3.63, 3.8) is 0 Å². The standard InChI is InChI=1S/C21H21N7O5/c1-13(29)23-19-10-16(24-15-5-3-2-4-6-15)7-8-18(19)25-26-21-14(12-22)9-17(27(30)31)11-20(21)28(32)33/h7-11,15,24H,2-6H2,1H3,(H,23,29)/b26-25+. The zero-order chi connectivity index (χ0) is 24.0. The van der Waals surface area contributed by atoms with E-state index < -0.39 is 26.9 Å². The maximum atomic E-state index is 11.7. The van der Waals surface area contributed by atoms with Crippen molar-refractivity contribution in [3.8, 4) is 6.07 Å². The second-order valence-corrected chi connectivity index (χ2v) is 7.58. The Labute approximate surface area is 188 Å². The first-order valence-corrected chi connectivity index (χ1v) is 10.3. The molecule has 12 nitrogen and oxygen atoms in total. The summed E-state index contributed by atoms with van der Waals surface area (Å²) >= 11 is 0. The molecule has 2 aromatic carbocycles. The van der Waals surface area contributed by atoms with Crippen molar-refractivity contribution in [2.45, 2.75) is 45.1 Å². The number of carbonyl (C=O) groups excluding carboxylic acids is 1. The monoisotopic (exact) mass is 451 g/mol. The molecule has 170 valence electrons. The number of nitro benzene ring substituents is 2. The lowest BCUT2D eigenvalue weighted by Gasteiger charge is -2.24. The molecule has 12 heteroatoms. The Balaban J connectivity index is 1.98. The number of benzene rings is 2. The third-order valence-electron chi connectivity index (χ3n) is 5.14. The highest BCUT2D eigenvalue weighted by Gasteiger charge is 2.24. The zero-order valence-corrected chi connectivity index (χ0v) is 17.8. The molecule has 0 radical (unpaired) electrons. The molecule has 0 bridgehead atoms. The lowest BCUT2D eigenvalue weighted by atomic mass is 9.95. The molecule has 2 aromatic rings. The van der Waals surface area contributed by atoms with E-state index in [2.05, 4.69) is 20.9 Å². The van der Waals surface area contributed by atoms with Gasteiger partial charge in [-0.2, -0.15) is 5.26 Å². The number of carbonyl (C=O) groups is 1. The molecule has 0 saturated heterocycles. The summed E-state index contributed by atoms with van der Waals surface area (Å²) in [6.07, 6.45) is 5.62. The summed E-state index contributed by atoms with van der Waals surface area (Å²) < 4.78 is 0. The van der Waals surface area contributed by atoms with Crippen LogP contribution in [0.15, 0.2) is 40.6 Å². The fourth-order valence-electron chi connectivity index (χ4n) is 3.63. The van der Waals surface area contributed by atoms with Crippen molar-refractivity contribution in [2.24, 2.45) is 10.2 Å². The molecule has 0 heterocycles. The van der Waals surface area contributed by atoms with Gasteiger partial charge in [0.25, 0.3) is 5.69 Å². The fraction of sp³-hybridized carbons (Fsp3) is 0.333. The average Bonchev–Trinajstić information content (AvgIpc) is 2.78. The van der Waals surface area contributed by atoms with E-state index in [0.717, 1.165) is 43.5 Å². The first-order chi connectivity index (χ1) is 15.8. The van der Waals surface area contributed by atoms with Gasteiger partial charge < -0.3 is 10.6 Å². The van der Waals surface area contributed by atoms with Crippen molar-refractivity contribution in [3.05, 3.63) is 56.1 Å². The zero-order valence-electron chi connectivity index (χ0n) is 17.8. The van der Waals surface area contributed by atoms with Gasteiger partial charge in [-0.05, 0) is 31.0 Å². The van der Waals surface area contributed by atoms with Gasteiger partial charge >= 0.3 is 5.69 Å². The molecule has 1 fully saturated rings. The van der Waals surface area contributed by atoms with Crippen molar-refractivity contribution < 1.29 is 14.6 Å². The number of rotatable bonds is 7. The quantitative estimate of drug-likeness (QED) is 0.317. The Bertz CT molecular complexity index is 1170. The first kappa shape index (κ1) is 23.3. The van der Waals surface area contributed by atoms with Crippen molar-refractivity contribution in [1.82, 2.24) is 0 Å². The van der Waals surface area contributed by atoms with Gasteiger partial charge in [0, 0.05) is 24.7 Å². The minimum absolute atomic E-state index is 0.205. The number of nitrogens with one attached hydrogen (secondary N) is 2. The number of amides is 1. The van der Waals surface area contributed by atoms with Gasteiger partial charge in [0.15, 0.2) is 5.69 Å². The Morgan fingerprint density at radius 2 is 1.82 bits per heavy atom. The smallest absolute Gasteiger partial charge is 0.304 e. The van der Waals surface area contributed by atoms with Crippen LogP contribution in [0.1, 0.15) is 44.6 Å². The number of hydrogen-bond donors (Lipinski definition) is 2. The second kappa shape index (κ2) is 10.3. The van der Waals surface area contributed by atoms with Crippen LogP contribution >= 0.6 is 0 Å². The van der Waals surface area contributed by atoms with Crippen molar-refractivity contribution >= 4 is 40.0 Å². The van der Waals surface area contributed by atoms with E-state index in [1.165, 1.54) is 13.3 Å². The van der Waals surface area contributed by atoms with E-state index in [0.29, 0.717) is 11.7 Å². The number of azo groups is 1. The Hall–Kier alpha value is -4.40. The topological polar surface area (TPSA) is 176 Å². The summed E-state index contributed by atoms with van der Waals surface area (Å²) in [6.45, 7) is 1.33. The van der Waals surface area contributed by atoms with Crippen LogP contribution in [0.25, 0.3) is 0 Å². The van der Waals surface area contributed by atoms with E-state index in [9.17, 15) is 30.3 Å². The Morgan fingerprint density at radius 3 is 2.42 bits per heavy atom. The summed E-state index contributed by atoms with van der Waals surface area (Å²) in [6, 6.07) is 8.67. The van der Waals surface area contributed by atoms with Crippen LogP contribution in [-0.4, -0.2) is 21.8 Å². The predicted octanol–water partition coefficient (Wildman–Crippen LogP) is 5.49. The third kappa shape index (κ3) is 5.85. The molecule has 33 heavy (non-hydrogen) atoms. The Morgan fingerprint density at radius 1 is 1.09 bits per heavy atom. The number of anilines is 2. The van der Waals surface area contributed by atoms with Gasteiger partial charge in [0.2, 0.25) is 5.91 Å². The highest BCUT2D eigenvalue weighted by Crippen LogP contribution is 2.38. The van der Waals surface area contributed by atoms with Crippen LogP contribution in [0.3, 0.4) is 0 Å². The number of nitrogens with zero attached hydrogens (tertiary/aromatic N) is 5. The van der Waals surface area contributed by atoms with Crippen LogP contribution in [0, 0.1) is 31.6 Å². The molecular formula is C21H21N7O5. The summed E-state index contributed by atoms with van der Waals surface area (Å²) in [7, 11) is 0. The fourth-order valence-corrected chi connectivity index (χ4v) is 3.63. The molecule has 0 aromatic heterocycles. The van der Waals surface area contributed by atoms with Crippen LogP contribution in [0.4, 0.5) is 34.1 Å². The normalized spacial score (nSPS) is 13.9. The van der Waals surface area contributed by atoms with Gasteiger partial charge in [0.05, 0.1) is 27.2 Å². The van der Waals surface area contributed by atoms with E-state index in [1.54, 1.807) is 24.3 Å². The molecule has 1 aliphatic carbocycles. The van der Waals surface area contributed by atoms with E-state index in [1.807, 2.05) is 0 Å². The van der Waals surface area contributed by atoms with Gasteiger partial charge in [-0.3, -0.25) is 25.0 Å². The molecule has 3 rings (SSSR count). The van der Waals surface area contributed by atoms with Crippen molar-refractivity contribution in [1.29, 1.82) is 5.26 Å². The molecule has 0 atom stereocenters. The maximum Gasteiger partial charge on any atom is 0.304 e. The number of non-ortho nitro benzene ring substituents is 1. The van der Waals surface area contributed by atoms with E-state index in [-0.39, 0.29) is 17.2 Å². The SMILES string of the molecule is CC(=O)Nc1cc(NC2CCCCC2)ccc1/N=N/c1c(C#N)cc([N+](=O)[O-])cc1[N+](=O)[O-].